The Labute approximate surface area is 151 Å². The minimum atomic E-state index is 0.722. The van der Waals surface area contributed by atoms with Crippen LogP contribution in [0.3, 0.4) is 0 Å². The molecule has 25 heavy (non-hydrogen) atoms. The van der Waals surface area contributed by atoms with Crippen LogP contribution < -0.4 is 9.47 Å². The average Bonchev–Trinajstić information content (AvgIpc) is 2.65. The third kappa shape index (κ3) is 5.23. The first-order valence-corrected chi connectivity index (χ1v) is 9.34. The fraction of sp³-hybridized carbons (Fsp3) is 0.455. The van der Waals surface area contributed by atoms with E-state index in [1.807, 2.05) is 13.0 Å². The molecule has 0 aliphatic carbocycles. The van der Waals surface area contributed by atoms with Crippen molar-refractivity contribution in [3.05, 3.63) is 59.7 Å². The van der Waals surface area contributed by atoms with E-state index in [1.165, 1.54) is 43.5 Å². The van der Waals surface area contributed by atoms with Gasteiger partial charge in [0.15, 0.2) is 0 Å². The van der Waals surface area contributed by atoms with Crippen LogP contribution in [0.15, 0.2) is 48.5 Å². The Morgan fingerprint density at radius 1 is 0.960 bits per heavy atom. The van der Waals surface area contributed by atoms with Crippen LogP contribution in [0, 0.1) is 5.92 Å². The molecule has 0 atom stereocenters. The standard InChI is InChI=1S/C22H29NO2/c1-3-25-22-6-4-5-20(16-22)17-23-13-11-19(12-14-23)15-18-7-9-21(24-2)10-8-18/h4-10,16,19H,3,11-15,17H2,1-2H3. The van der Waals surface area contributed by atoms with Gasteiger partial charge >= 0.3 is 0 Å². The van der Waals surface area contributed by atoms with Crippen LogP contribution in [-0.2, 0) is 13.0 Å². The van der Waals surface area contributed by atoms with Crippen molar-refractivity contribution >= 4 is 0 Å². The van der Waals surface area contributed by atoms with E-state index >= 15 is 0 Å². The SMILES string of the molecule is CCOc1cccc(CN2CCC(Cc3ccc(OC)cc3)CC2)c1. The zero-order chi connectivity index (χ0) is 17.5. The molecule has 0 unspecified atom stereocenters. The van der Waals surface area contributed by atoms with Crippen LogP contribution in [0.2, 0.25) is 0 Å². The Balaban J connectivity index is 1.47. The van der Waals surface area contributed by atoms with Crippen LogP contribution in [0.25, 0.3) is 0 Å². The van der Waals surface area contributed by atoms with Crippen molar-refractivity contribution in [2.75, 3.05) is 26.8 Å². The van der Waals surface area contributed by atoms with E-state index in [-0.39, 0.29) is 0 Å². The van der Waals surface area contributed by atoms with Crippen molar-refractivity contribution in [3.8, 4) is 11.5 Å². The van der Waals surface area contributed by atoms with E-state index in [0.29, 0.717) is 0 Å². The molecule has 0 saturated carbocycles. The lowest BCUT2D eigenvalue weighted by Gasteiger charge is -2.32. The van der Waals surface area contributed by atoms with Gasteiger partial charge in [-0.1, -0.05) is 24.3 Å². The topological polar surface area (TPSA) is 21.7 Å². The molecule has 0 bridgehead atoms. The fourth-order valence-electron chi connectivity index (χ4n) is 3.60. The monoisotopic (exact) mass is 339 g/mol. The number of rotatable bonds is 7. The van der Waals surface area contributed by atoms with Crippen molar-refractivity contribution in [3.63, 3.8) is 0 Å². The van der Waals surface area contributed by atoms with Crippen LogP contribution in [-0.4, -0.2) is 31.7 Å². The lowest BCUT2D eigenvalue weighted by Crippen LogP contribution is -2.33. The molecule has 3 rings (SSSR count). The van der Waals surface area contributed by atoms with Gasteiger partial charge in [0.2, 0.25) is 0 Å². The van der Waals surface area contributed by atoms with Crippen molar-refractivity contribution in [1.82, 2.24) is 4.90 Å². The first kappa shape index (κ1) is 17.8. The van der Waals surface area contributed by atoms with Gasteiger partial charge in [0.05, 0.1) is 13.7 Å². The summed E-state index contributed by atoms with van der Waals surface area (Å²) in [4.78, 5) is 2.57. The summed E-state index contributed by atoms with van der Waals surface area (Å²) in [6, 6.07) is 17.0. The van der Waals surface area contributed by atoms with E-state index in [4.69, 9.17) is 9.47 Å². The second-order valence-corrected chi connectivity index (χ2v) is 6.85. The van der Waals surface area contributed by atoms with E-state index in [9.17, 15) is 0 Å². The maximum Gasteiger partial charge on any atom is 0.119 e. The molecule has 0 aromatic heterocycles. The van der Waals surface area contributed by atoms with Gasteiger partial charge in [0, 0.05) is 6.54 Å². The van der Waals surface area contributed by atoms with Crippen molar-refractivity contribution in [2.45, 2.75) is 32.7 Å². The molecule has 0 radical (unpaired) electrons. The summed E-state index contributed by atoms with van der Waals surface area (Å²) in [5.41, 5.74) is 2.77. The summed E-state index contributed by atoms with van der Waals surface area (Å²) in [6.07, 6.45) is 3.73. The summed E-state index contributed by atoms with van der Waals surface area (Å²) in [7, 11) is 1.72. The normalized spacial score (nSPS) is 15.9. The molecular formula is C22H29NO2. The molecule has 0 N–H and O–H groups in total. The molecule has 2 aromatic rings. The van der Waals surface area contributed by atoms with Gasteiger partial charge < -0.3 is 9.47 Å². The van der Waals surface area contributed by atoms with E-state index in [0.717, 1.165) is 30.6 Å². The summed E-state index contributed by atoms with van der Waals surface area (Å²) < 4.78 is 10.8. The third-order valence-electron chi connectivity index (χ3n) is 5.01. The van der Waals surface area contributed by atoms with Gasteiger partial charge in [-0.15, -0.1) is 0 Å². The highest BCUT2D eigenvalue weighted by Gasteiger charge is 2.19. The molecule has 1 aliphatic heterocycles. The Bertz CT molecular complexity index is 645. The largest absolute Gasteiger partial charge is 0.497 e. The fourth-order valence-corrected chi connectivity index (χ4v) is 3.60. The number of likely N-dealkylation sites (tertiary alicyclic amines) is 1. The minimum absolute atomic E-state index is 0.722. The second-order valence-electron chi connectivity index (χ2n) is 6.85. The van der Waals surface area contributed by atoms with Gasteiger partial charge in [-0.05, 0) is 80.6 Å². The van der Waals surface area contributed by atoms with Crippen LogP contribution >= 0.6 is 0 Å². The molecule has 2 aromatic carbocycles. The van der Waals surface area contributed by atoms with Crippen LogP contribution in [0.1, 0.15) is 30.9 Å². The van der Waals surface area contributed by atoms with Gasteiger partial charge in [-0.2, -0.15) is 0 Å². The van der Waals surface area contributed by atoms with Gasteiger partial charge in [0.25, 0.3) is 0 Å². The number of hydrogen-bond donors (Lipinski definition) is 0. The second kappa shape index (κ2) is 8.91. The number of methoxy groups -OCH3 is 1. The molecule has 0 spiro atoms. The highest BCUT2D eigenvalue weighted by molar-refractivity contribution is 5.29. The first-order chi connectivity index (χ1) is 12.3. The number of nitrogens with zero attached hydrogens (tertiary/aromatic N) is 1. The van der Waals surface area contributed by atoms with Crippen molar-refractivity contribution in [2.24, 2.45) is 5.92 Å². The molecule has 1 fully saturated rings. The lowest BCUT2D eigenvalue weighted by molar-refractivity contribution is 0.177. The van der Waals surface area contributed by atoms with Crippen molar-refractivity contribution in [1.29, 1.82) is 0 Å². The van der Waals surface area contributed by atoms with E-state index in [2.05, 4.69) is 47.4 Å². The third-order valence-corrected chi connectivity index (χ3v) is 5.01. The highest BCUT2D eigenvalue weighted by Crippen LogP contribution is 2.24. The maximum absolute atomic E-state index is 5.61. The molecule has 0 amide bonds. The Morgan fingerprint density at radius 3 is 2.40 bits per heavy atom. The molecule has 134 valence electrons. The van der Waals surface area contributed by atoms with Gasteiger partial charge in [-0.3, -0.25) is 4.90 Å². The highest BCUT2D eigenvalue weighted by atomic mass is 16.5. The number of hydrogen-bond acceptors (Lipinski definition) is 3. The Kier molecular flexibility index (Phi) is 6.35. The molecule has 1 saturated heterocycles. The predicted molar refractivity (Wildman–Crippen MR) is 102 cm³/mol. The number of piperidine rings is 1. The summed E-state index contributed by atoms with van der Waals surface area (Å²) >= 11 is 0. The maximum atomic E-state index is 5.61. The smallest absolute Gasteiger partial charge is 0.119 e. The lowest BCUT2D eigenvalue weighted by atomic mass is 9.90. The van der Waals surface area contributed by atoms with E-state index < -0.39 is 0 Å². The number of benzene rings is 2. The number of ether oxygens (including phenoxy) is 2. The average molecular weight is 339 g/mol. The van der Waals surface area contributed by atoms with Crippen molar-refractivity contribution < 1.29 is 9.47 Å². The van der Waals surface area contributed by atoms with Gasteiger partial charge in [0.1, 0.15) is 11.5 Å². The molecule has 1 aliphatic rings. The zero-order valence-corrected chi connectivity index (χ0v) is 15.4. The molecular weight excluding hydrogens is 310 g/mol. The summed E-state index contributed by atoms with van der Waals surface area (Å²) in [5, 5.41) is 0. The first-order valence-electron chi connectivity index (χ1n) is 9.34. The molecule has 1 heterocycles. The zero-order valence-electron chi connectivity index (χ0n) is 15.4. The summed E-state index contributed by atoms with van der Waals surface area (Å²) in [6.45, 7) is 6.13. The Hall–Kier alpha value is -2.00. The minimum Gasteiger partial charge on any atom is -0.497 e. The van der Waals surface area contributed by atoms with Crippen LogP contribution in [0.5, 0.6) is 11.5 Å². The molecule has 3 nitrogen and oxygen atoms in total. The summed E-state index contributed by atoms with van der Waals surface area (Å²) in [5.74, 6) is 2.71. The predicted octanol–water partition coefficient (Wildman–Crippen LogP) is 4.55. The molecule has 3 heteroatoms. The van der Waals surface area contributed by atoms with Crippen LogP contribution in [0.4, 0.5) is 0 Å². The van der Waals surface area contributed by atoms with E-state index in [1.54, 1.807) is 7.11 Å². The van der Waals surface area contributed by atoms with Gasteiger partial charge in [-0.25, -0.2) is 0 Å². The quantitative estimate of drug-likeness (QED) is 0.739. The Morgan fingerprint density at radius 2 is 1.72 bits per heavy atom.